The normalized spacial score (nSPS) is 11.6. The van der Waals surface area contributed by atoms with E-state index in [-0.39, 0.29) is 18.2 Å². The molecule has 3 aromatic rings. The summed E-state index contributed by atoms with van der Waals surface area (Å²) in [6.07, 6.45) is 0.818. The number of methoxy groups -OCH3 is 1. The van der Waals surface area contributed by atoms with Crippen LogP contribution in [0.4, 0.5) is 0 Å². The summed E-state index contributed by atoms with van der Waals surface area (Å²) in [4.78, 5) is 28.7. The third kappa shape index (κ3) is 6.65. The summed E-state index contributed by atoms with van der Waals surface area (Å²) >= 11 is 1.60. The van der Waals surface area contributed by atoms with E-state index in [0.717, 1.165) is 27.6 Å². The summed E-state index contributed by atoms with van der Waals surface area (Å²) in [6, 6.07) is 15.2. The van der Waals surface area contributed by atoms with Crippen LogP contribution in [0.15, 0.2) is 53.9 Å². The Morgan fingerprint density at radius 2 is 1.81 bits per heavy atom. The number of nitrogens with zero attached hydrogens (tertiary/aromatic N) is 1. The van der Waals surface area contributed by atoms with Gasteiger partial charge in [-0.15, -0.1) is 11.3 Å². The summed E-state index contributed by atoms with van der Waals surface area (Å²) in [5, 5.41) is 8.79. The average molecular weight is 438 g/mol. The van der Waals surface area contributed by atoms with Gasteiger partial charge in [0.1, 0.15) is 10.8 Å². The lowest BCUT2D eigenvalue weighted by Gasteiger charge is -2.18. The second kappa shape index (κ2) is 10.7. The number of carbonyl (C=O) groups is 2. The van der Waals surface area contributed by atoms with Gasteiger partial charge in [0, 0.05) is 30.8 Å². The van der Waals surface area contributed by atoms with Crippen LogP contribution in [-0.4, -0.2) is 30.5 Å². The van der Waals surface area contributed by atoms with Gasteiger partial charge in [-0.25, -0.2) is 4.98 Å². The number of hydrogen-bond acceptors (Lipinski definition) is 5. The van der Waals surface area contributed by atoms with Crippen molar-refractivity contribution in [1.82, 2.24) is 15.6 Å². The maximum absolute atomic E-state index is 12.5. The van der Waals surface area contributed by atoms with Crippen LogP contribution in [0.2, 0.25) is 0 Å². The summed E-state index contributed by atoms with van der Waals surface area (Å²) in [7, 11) is 1.60. The fourth-order valence-electron chi connectivity index (χ4n) is 3.17. The summed E-state index contributed by atoms with van der Waals surface area (Å²) < 4.78 is 5.17. The predicted octanol–water partition coefficient (Wildman–Crippen LogP) is 4.05. The van der Waals surface area contributed by atoms with Crippen molar-refractivity contribution in [3.05, 3.63) is 70.7 Å². The first-order chi connectivity index (χ1) is 14.9. The molecule has 0 saturated carbocycles. The van der Waals surface area contributed by atoms with Crippen LogP contribution in [0.25, 0.3) is 10.6 Å². The fourth-order valence-corrected chi connectivity index (χ4v) is 4.03. The van der Waals surface area contributed by atoms with Crippen LogP contribution in [0.5, 0.6) is 5.75 Å². The van der Waals surface area contributed by atoms with Crippen molar-refractivity contribution in [2.24, 2.45) is 0 Å². The molecule has 0 bridgehead atoms. The van der Waals surface area contributed by atoms with Gasteiger partial charge in [-0.2, -0.15) is 0 Å². The van der Waals surface area contributed by atoms with Gasteiger partial charge in [0.05, 0.1) is 25.3 Å². The molecule has 6 nitrogen and oxygen atoms in total. The lowest BCUT2D eigenvalue weighted by atomic mass is 10.0. The lowest BCUT2D eigenvalue weighted by molar-refractivity contribution is -0.122. The van der Waals surface area contributed by atoms with Crippen LogP contribution in [0.3, 0.4) is 0 Å². The van der Waals surface area contributed by atoms with Crippen LogP contribution < -0.4 is 15.4 Å². The van der Waals surface area contributed by atoms with Gasteiger partial charge >= 0.3 is 0 Å². The minimum absolute atomic E-state index is 0.122. The van der Waals surface area contributed by atoms with Crippen LogP contribution in [0.1, 0.15) is 36.2 Å². The number of aryl methyl sites for hydroxylation is 1. The molecule has 0 radical (unpaired) electrons. The van der Waals surface area contributed by atoms with Crippen molar-refractivity contribution in [2.75, 3.05) is 13.7 Å². The van der Waals surface area contributed by atoms with Gasteiger partial charge in [0.15, 0.2) is 0 Å². The Morgan fingerprint density at radius 3 is 2.45 bits per heavy atom. The Morgan fingerprint density at radius 1 is 1.10 bits per heavy atom. The van der Waals surface area contributed by atoms with E-state index < -0.39 is 6.04 Å². The second-order valence-electron chi connectivity index (χ2n) is 7.34. The highest BCUT2D eigenvalue weighted by Gasteiger charge is 2.17. The molecule has 0 saturated heterocycles. The minimum Gasteiger partial charge on any atom is -0.497 e. The average Bonchev–Trinajstić information content (AvgIpc) is 3.22. The molecule has 1 unspecified atom stereocenters. The van der Waals surface area contributed by atoms with E-state index in [4.69, 9.17) is 4.74 Å². The number of amides is 2. The molecule has 0 aliphatic rings. The first kappa shape index (κ1) is 22.5. The minimum atomic E-state index is -0.393. The molecule has 3 rings (SSSR count). The van der Waals surface area contributed by atoms with Crippen LogP contribution in [-0.2, 0) is 16.0 Å². The van der Waals surface area contributed by atoms with Gasteiger partial charge in [-0.3, -0.25) is 9.59 Å². The van der Waals surface area contributed by atoms with E-state index in [1.807, 2.05) is 29.6 Å². The molecule has 0 aliphatic heterocycles. The molecule has 1 aromatic heterocycles. The van der Waals surface area contributed by atoms with E-state index >= 15 is 0 Å². The number of thiazole rings is 1. The molecular formula is C24H27N3O3S. The maximum atomic E-state index is 12.5. The SMILES string of the molecule is COc1ccc(C(CC(=O)NCCc2csc(-c3ccc(C)cc3)n2)NC(C)=O)cc1. The van der Waals surface area contributed by atoms with Gasteiger partial charge < -0.3 is 15.4 Å². The number of aromatic nitrogens is 1. The Balaban J connectivity index is 1.53. The lowest BCUT2D eigenvalue weighted by Crippen LogP contribution is -2.33. The van der Waals surface area contributed by atoms with Gasteiger partial charge in [0.25, 0.3) is 0 Å². The van der Waals surface area contributed by atoms with Crippen molar-refractivity contribution < 1.29 is 14.3 Å². The topological polar surface area (TPSA) is 80.3 Å². The summed E-state index contributed by atoms with van der Waals surface area (Å²) in [6.45, 7) is 4.00. The van der Waals surface area contributed by atoms with Gasteiger partial charge in [-0.05, 0) is 24.6 Å². The van der Waals surface area contributed by atoms with Crippen LogP contribution in [0, 0.1) is 6.92 Å². The Bertz CT molecular complexity index is 1010. The summed E-state index contributed by atoms with van der Waals surface area (Å²) in [5.74, 6) is 0.423. The Labute approximate surface area is 186 Å². The van der Waals surface area contributed by atoms with E-state index in [0.29, 0.717) is 13.0 Å². The molecule has 1 heterocycles. The first-order valence-electron chi connectivity index (χ1n) is 10.1. The van der Waals surface area contributed by atoms with Gasteiger partial charge in [-0.1, -0.05) is 42.0 Å². The van der Waals surface area contributed by atoms with Crippen molar-refractivity contribution in [2.45, 2.75) is 32.7 Å². The van der Waals surface area contributed by atoms with Crippen LogP contribution >= 0.6 is 11.3 Å². The predicted molar refractivity (Wildman–Crippen MR) is 123 cm³/mol. The third-order valence-electron chi connectivity index (χ3n) is 4.84. The number of carbonyl (C=O) groups excluding carboxylic acids is 2. The fraction of sp³-hybridized carbons (Fsp3) is 0.292. The number of hydrogen-bond donors (Lipinski definition) is 2. The van der Waals surface area contributed by atoms with E-state index in [1.54, 1.807) is 18.4 Å². The highest BCUT2D eigenvalue weighted by atomic mass is 32.1. The Kier molecular flexibility index (Phi) is 7.78. The van der Waals surface area contributed by atoms with E-state index in [9.17, 15) is 9.59 Å². The first-order valence-corrected chi connectivity index (χ1v) is 11.0. The molecule has 162 valence electrons. The molecule has 31 heavy (non-hydrogen) atoms. The van der Waals surface area contributed by atoms with E-state index in [1.165, 1.54) is 12.5 Å². The van der Waals surface area contributed by atoms with Crippen molar-refractivity contribution in [3.63, 3.8) is 0 Å². The molecule has 7 heteroatoms. The number of ether oxygens (including phenoxy) is 1. The molecular weight excluding hydrogens is 410 g/mol. The molecule has 0 aliphatic carbocycles. The van der Waals surface area contributed by atoms with E-state index in [2.05, 4.69) is 46.8 Å². The number of nitrogens with one attached hydrogen (secondary N) is 2. The molecule has 2 aromatic carbocycles. The molecule has 0 spiro atoms. The molecule has 1 atom stereocenters. The largest absolute Gasteiger partial charge is 0.497 e. The number of rotatable bonds is 9. The standard InChI is InChI=1S/C24H27N3O3S/c1-16-4-6-19(7-5-16)24-27-20(15-31-24)12-13-25-23(29)14-22(26-17(2)28)18-8-10-21(30-3)11-9-18/h4-11,15,22H,12-14H2,1-3H3,(H,25,29)(H,26,28). The zero-order chi connectivity index (χ0) is 22.2. The summed E-state index contributed by atoms with van der Waals surface area (Å²) in [5.41, 5.74) is 4.13. The maximum Gasteiger partial charge on any atom is 0.222 e. The highest BCUT2D eigenvalue weighted by molar-refractivity contribution is 7.13. The van der Waals surface area contributed by atoms with Crippen molar-refractivity contribution in [1.29, 1.82) is 0 Å². The highest BCUT2D eigenvalue weighted by Crippen LogP contribution is 2.24. The monoisotopic (exact) mass is 437 g/mol. The Hall–Kier alpha value is -3.19. The quantitative estimate of drug-likeness (QED) is 0.529. The molecule has 2 amide bonds. The third-order valence-corrected chi connectivity index (χ3v) is 5.78. The second-order valence-corrected chi connectivity index (χ2v) is 8.20. The molecule has 0 fully saturated rings. The number of benzene rings is 2. The molecule has 2 N–H and O–H groups in total. The zero-order valence-corrected chi connectivity index (χ0v) is 18.8. The zero-order valence-electron chi connectivity index (χ0n) is 18.0. The van der Waals surface area contributed by atoms with Gasteiger partial charge in [0.2, 0.25) is 11.8 Å². The smallest absolute Gasteiger partial charge is 0.222 e. The van der Waals surface area contributed by atoms with Crippen molar-refractivity contribution >= 4 is 23.2 Å². The van der Waals surface area contributed by atoms with Crippen molar-refractivity contribution in [3.8, 4) is 16.3 Å².